The van der Waals surface area contributed by atoms with Gasteiger partial charge in [0.05, 0.1) is 13.2 Å². The number of hydrogen-bond donors (Lipinski definition) is 1. The molecule has 0 bridgehead atoms. The van der Waals surface area contributed by atoms with Crippen LogP contribution in [0.15, 0.2) is 24.3 Å². The smallest absolute Gasteiger partial charge is 0.176 e. The third kappa shape index (κ3) is 5.32. The van der Waals surface area contributed by atoms with Gasteiger partial charge in [-0.25, -0.2) is 0 Å². The van der Waals surface area contributed by atoms with E-state index in [2.05, 4.69) is 19.2 Å². The Morgan fingerprint density at radius 3 is 2.50 bits per heavy atom. The first-order valence-electron chi connectivity index (χ1n) is 6.60. The molecule has 0 aliphatic carbocycles. The number of Topliss-reactive ketones (excluding diaryl/α,β-unsaturated/α-hetero) is 1. The Bertz CT molecular complexity index is 357. The number of carbonyl (C=O) groups is 1. The highest BCUT2D eigenvalue weighted by Crippen LogP contribution is 2.12. The first-order valence-corrected chi connectivity index (χ1v) is 6.60. The van der Waals surface area contributed by atoms with Crippen molar-refractivity contribution in [2.75, 3.05) is 19.7 Å². The molecule has 0 saturated carbocycles. The predicted molar refractivity (Wildman–Crippen MR) is 74.3 cm³/mol. The van der Waals surface area contributed by atoms with Gasteiger partial charge in [-0.2, -0.15) is 0 Å². The molecule has 3 heteroatoms. The highest BCUT2D eigenvalue weighted by atomic mass is 16.5. The lowest BCUT2D eigenvalue weighted by atomic mass is 10.1. The Hall–Kier alpha value is -1.35. The van der Waals surface area contributed by atoms with Gasteiger partial charge in [0.25, 0.3) is 0 Å². The Labute approximate surface area is 110 Å². The molecular formula is C15H23NO2. The Kier molecular flexibility index (Phi) is 6.44. The van der Waals surface area contributed by atoms with Crippen molar-refractivity contribution in [1.82, 2.24) is 5.32 Å². The second-order valence-electron chi connectivity index (χ2n) is 4.74. The summed E-state index contributed by atoms with van der Waals surface area (Å²) in [5.41, 5.74) is 0.732. The fraction of sp³-hybridized carbons (Fsp3) is 0.533. The van der Waals surface area contributed by atoms with E-state index in [1.807, 2.05) is 31.2 Å². The van der Waals surface area contributed by atoms with Crippen molar-refractivity contribution in [3.63, 3.8) is 0 Å². The fourth-order valence-electron chi connectivity index (χ4n) is 1.60. The van der Waals surface area contributed by atoms with Gasteiger partial charge < -0.3 is 10.1 Å². The van der Waals surface area contributed by atoms with Crippen molar-refractivity contribution in [2.24, 2.45) is 5.92 Å². The fourth-order valence-corrected chi connectivity index (χ4v) is 1.60. The van der Waals surface area contributed by atoms with Crippen LogP contribution in [0.4, 0.5) is 0 Å². The molecule has 1 aromatic carbocycles. The maximum atomic E-state index is 11.9. The molecule has 3 nitrogen and oxygen atoms in total. The lowest BCUT2D eigenvalue weighted by Gasteiger charge is -2.07. The van der Waals surface area contributed by atoms with E-state index in [1.165, 1.54) is 0 Å². The number of ketones is 1. The third-order valence-corrected chi connectivity index (χ3v) is 2.67. The summed E-state index contributed by atoms with van der Waals surface area (Å²) in [6, 6.07) is 7.31. The first-order chi connectivity index (χ1) is 8.63. The summed E-state index contributed by atoms with van der Waals surface area (Å²) in [6.45, 7) is 8.23. The van der Waals surface area contributed by atoms with E-state index >= 15 is 0 Å². The summed E-state index contributed by atoms with van der Waals surface area (Å²) in [5.74, 6) is 1.60. The van der Waals surface area contributed by atoms with Crippen molar-refractivity contribution in [3.05, 3.63) is 29.8 Å². The van der Waals surface area contributed by atoms with Crippen LogP contribution in [0.3, 0.4) is 0 Å². The predicted octanol–water partition coefficient (Wildman–Crippen LogP) is 2.90. The van der Waals surface area contributed by atoms with Gasteiger partial charge in [0.1, 0.15) is 5.75 Å². The lowest BCUT2D eigenvalue weighted by molar-refractivity contribution is 0.0991. The zero-order valence-electron chi connectivity index (χ0n) is 11.5. The molecule has 0 spiro atoms. The van der Waals surface area contributed by atoms with E-state index in [0.717, 1.165) is 24.3 Å². The van der Waals surface area contributed by atoms with Crippen LogP contribution in [0.25, 0.3) is 0 Å². The number of rotatable bonds is 8. The molecule has 0 unspecified atom stereocenters. The van der Waals surface area contributed by atoms with Crippen LogP contribution >= 0.6 is 0 Å². The number of ether oxygens (including phenoxy) is 1. The summed E-state index contributed by atoms with van der Waals surface area (Å²) >= 11 is 0. The van der Waals surface area contributed by atoms with E-state index in [0.29, 0.717) is 19.1 Å². The molecular weight excluding hydrogens is 226 g/mol. The van der Waals surface area contributed by atoms with Crippen LogP contribution in [-0.4, -0.2) is 25.5 Å². The standard InChI is InChI=1S/C15H23NO2/c1-4-18-14-7-5-13(6-8-14)15(17)11-16-10-9-12(2)3/h5-8,12,16H,4,9-11H2,1-3H3. The second-order valence-corrected chi connectivity index (χ2v) is 4.74. The van der Waals surface area contributed by atoms with Crippen molar-refractivity contribution in [2.45, 2.75) is 27.2 Å². The monoisotopic (exact) mass is 249 g/mol. The molecule has 0 aliphatic heterocycles. The minimum Gasteiger partial charge on any atom is -0.494 e. The molecule has 0 aromatic heterocycles. The number of nitrogens with one attached hydrogen (secondary N) is 1. The maximum Gasteiger partial charge on any atom is 0.176 e. The van der Waals surface area contributed by atoms with Crippen molar-refractivity contribution in [1.29, 1.82) is 0 Å². The SMILES string of the molecule is CCOc1ccc(C(=O)CNCCC(C)C)cc1. The van der Waals surface area contributed by atoms with Crippen LogP contribution in [0.5, 0.6) is 5.75 Å². The van der Waals surface area contributed by atoms with Crippen molar-refractivity contribution < 1.29 is 9.53 Å². The van der Waals surface area contributed by atoms with Gasteiger partial charge in [0.2, 0.25) is 0 Å². The van der Waals surface area contributed by atoms with Gasteiger partial charge in [-0.1, -0.05) is 13.8 Å². The second kappa shape index (κ2) is 7.88. The van der Waals surface area contributed by atoms with E-state index in [-0.39, 0.29) is 5.78 Å². The van der Waals surface area contributed by atoms with E-state index in [1.54, 1.807) is 0 Å². The van der Waals surface area contributed by atoms with Gasteiger partial charge in [0.15, 0.2) is 5.78 Å². The summed E-state index contributed by atoms with van der Waals surface area (Å²) < 4.78 is 5.34. The van der Waals surface area contributed by atoms with Crippen molar-refractivity contribution >= 4 is 5.78 Å². The number of carbonyl (C=O) groups excluding carboxylic acids is 1. The molecule has 1 N–H and O–H groups in total. The zero-order valence-corrected chi connectivity index (χ0v) is 11.5. The van der Waals surface area contributed by atoms with Crippen LogP contribution in [0, 0.1) is 5.92 Å². The molecule has 0 radical (unpaired) electrons. The van der Waals surface area contributed by atoms with Gasteiger partial charge in [-0.15, -0.1) is 0 Å². The molecule has 0 atom stereocenters. The highest BCUT2D eigenvalue weighted by molar-refractivity contribution is 5.97. The Morgan fingerprint density at radius 1 is 1.28 bits per heavy atom. The topological polar surface area (TPSA) is 38.3 Å². The molecule has 0 heterocycles. The summed E-state index contributed by atoms with van der Waals surface area (Å²) in [7, 11) is 0. The number of benzene rings is 1. The molecule has 1 rings (SSSR count). The first kappa shape index (κ1) is 14.7. The molecule has 0 amide bonds. The average Bonchev–Trinajstić information content (AvgIpc) is 2.35. The average molecular weight is 249 g/mol. The largest absolute Gasteiger partial charge is 0.494 e. The van der Waals surface area contributed by atoms with Crippen LogP contribution in [0.2, 0.25) is 0 Å². The quantitative estimate of drug-likeness (QED) is 0.568. The van der Waals surface area contributed by atoms with Gasteiger partial charge in [-0.05, 0) is 50.1 Å². The number of hydrogen-bond acceptors (Lipinski definition) is 3. The molecule has 0 fully saturated rings. The molecule has 1 aromatic rings. The van der Waals surface area contributed by atoms with Crippen LogP contribution < -0.4 is 10.1 Å². The van der Waals surface area contributed by atoms with Crippen LogP contribution in [-0.2, 0) is 0 Å². The highest BCUT2D eigenvalue weighted by Gasteiger charge is 2.05. The maximum absolute atomic E-state index is 11.9. The minimum absolute atomic E-state index is 0.127. The summed E-state index contributed by atoms with van der Waals surface area (Å²) in [5, 5.41) is 3.17. The van der Waals surface area contributed by atoms with E-state index < -0.39 is 0 Å². The molecule has 18 heavy (non-hydrogen) atoms. The zero-order chi connectivity index (χ0) is 13.4. The van der Waals surface area contributed by atoms with E-state index in [9.17, 15) is 4.79 Å². The summed E-state index contributed by atoms with van der Waals surface area (Å²) in [6.07, 6.45) is 1.09. The van der Waals surface area contributed by atoms with Crippen molar-refractivity contribution in [3.8, 4) is 5.75 Å². The normalized spacial score (nSPS) is 10.7. The minimum atomic E-state index is 0.127. The molecule has 0 aliphatic rings. The van der Waals surface area contributed by atoms with Gasteiger partial charge in [0, 0.05) is 5.56 Å². The van der Waals surface area contributed by atoms with Crippen LogP contribution in [0.1, 0.15) is 37.6 Å². The molecule has 100 valence electrons. The lowest BCUT2D eigenvalue weighted by Crippen LogP contribution is -2.24. The van der Waals surface area contributed by atoms with Gasteiger partial charge >= 0.3 is 0 Å². The Balaban J connectivity index is 2.37. The summed E-state index contributed by atoms with van der Waals surface area (Å²) in [4.78, 5) is 11.9. The van der Waals surface area contributed by atoms with E-state index in [4.69, 9.17) is 4.74 Å². The Morgan fingerprint density at radius 2 is 1.94 bits per heavy atom. The van der Waals surface area contributed by atoms with Gasteiger partial charge in [-0.3, -0.25) is 4.79 Å². The third-order valence-electron chi connectivity index (χ3n) is 2.67. The molecule has 0 saturated heterocycles.